The van der Waals surface area contributed by atoms with Crippen LogP contribution in [-0.4, -0.2) is 62.5 Å². The van der Waals surface area contributed by atoms with E-state index in [1.165, 1.54) is 0 Å². The van der Waals surface area contributed by atoms with Crippen LogP contribution in [0.25, 0.3) is 11.3 Å². The van der Waals surface area contributed by atoms with Crippen LogP contribution in [0.5, 0.6) is 0 Å². The number of ether oxygens (including phenoxy) is 1. The average molecular weight is 408 g/mol. The fourth-order valence-electron chi connectivity index (χ4n) is 3.10. The third-order valence-electron chi connectivity index (χ3n) is 4.59. The number of aromatic nitrogens is 4. The van der Waals surface area contributed by atoms with Crippen LogP contribution in [0.2, 0.25) is 5.15 Å². The Morgan fingerprint density at radius 1 is 1.39 bits per heavy atom. The number of amides is 1. The molecule has 0 unspecified atom stereocenters. The summed E-state index contributed by atoms with van der Waals surface area (Å²) in [5.74, 6) is 0.860. The summed E-state index contributed by atoms with van der Waals surface area (Å²) in [5, 5.41) is 4.62. The first-order valence-corrected chi connectivity index (χ1v) is 9.46. The number of nitrogens with two attached hydrogens (primary N) is 1. The van der Waals surface area contributed by atoms with Gasteiger partial charge in [0.15, 0.2) is 0 Å². The van der Waals surface area contributed by atoms with E-state index in [2.05, 4.69) is 20.0 Å². The van der Waals surface area contributed by atoms with E-state index < -0.39 is 5.60 Å². The number of aryl methyl sites for hydroxylation is 1. The zero-order valence-corrected chi connectivity index (χ0v) is 17.6. The highest BCUT2D eigenvalue weighted by atomic mass is 35.5. The zero-order valence-electron chi connectivity index (χ0n) is 16.8. The van der Waals surface area contributed by atoms with Crippen LogP contribution in [0.15, 0.2) is 12.3 Å². The molecule has 0 aromatic carbocycles. The Kier molecular flexibility index (Phi) is 5.38. The molecule has 0 bridgehead atoms. The molecule has 1 atom stereocenters. The van der Waals surface area contributed by atoms with E-state index in [1.807, 2.05) is 26.8 Å². The molecule has 3 rings (SSSR count). The molecule has 9 nitrogen and oxygen atoms in total. The van der Waals surface area contributed by atoms with Gasteiger partial charge < -0.3 is 20.3 Å². The Bertz CT molecular complexity index is 877. The number of carbonyl (C=O) groups excluding carboxylic acids is 1. The molecule has 0 aliphatic carbocycles. The highest BCUT2D eigenvalue weighted by molar-refractivity contribution is 6.32. The van der Waals surface area contributed by atoms with Crippen molar-refractivity contribution in [1.82, 2.24) is 24.6 Å². The number of carbonyl (C=O) groups is 1. The van der Waals surface area contributed by atoms with E-state index in [1.54, 1.807) is 29.9 Å². The molecule has 10 heteroatoms. The van der Waals surface area contributed by atoms with Gasteiger partial charge >= 0.3 is 6.09 Å². The normalized spacial score (nSPS) is 17.1. The quantitative estimate of drug-likeness (QED) is 0.833. The topological polar surface area (TPSA) is 102 Å². The molecule has 0 saturated carbocycles. The lowest BCUT2D eigenvalue weighted by Gasteiger charge is -2.28. The molecule has 1 aliphatic rings. The predicted molar refractivity (Wildman–Crippen MR) is 108 cm³/mol. The Hall–Kier alpha value is -2.55. The molecular formula is C18H26ClN7O2. The number of halogens is 1. The second kappa shape index (κ2) is 7.46. The molecule has 3 heterocycles. The molecule has 1 saturated heterocycles. The van der Waals surface area contributed by atoms with E-state index in [4.69, 9.17) is 22.1 Å². The van der Waals surface area contributed by atoms with Gasteiger partial charge in [0.25, 0.3) is 0 Å². The third kappa shape index (κ3) is 4.30. The van der Waals surface area contributed by atoms with E-state index in [9.17, 15) is 4.79 Å². The Labute approximate surface area is 169 Å². The fraction of sp³-hybridized carbons (Fsp3) is 0.556. The SMILES string of the molecule is CN(C(=O)OC(C)(C)C)[C@@H]1CCN(c2cc(-c3cnn(C)c3Cl)nc(N)n2)C1. The Morgan fingerprint density at radius 2 is 2.11 bits per heavy atom. The van der Waals surface area contributed by atoms with E-state index in [0.29, 0.717) is 28.8 Å². The van der Waals surface area contributed by atoms with Gasteiger partial charge in [-0.3, -0.25) is 4.68 Å². The molecule has 1 fully saturated rings. The summed E-state index contributed by atoms with van der Waals surface area (Å²) in [6, 6.07) is 1.87. The molecule has 1 amide bonds. The van der Waals surface area contributed by atoms with Gasteiger partial charge in [-0.15, -0.1) is 0 Å². The minimum atomic E-state index is -0.525. The van der Waals surface area contributed by atoms with Crippen LogP contribution in [0, 0.1) is 0 Å². The van der Waals surface area contributed by atoms with E-state index >= 15 is 0 Å². The maximum Gasteiger partial charge on any atom is 0.410 e. The second-order valence-corrected chi connectivity index (χ2v) is 8.28. The lowest BCUT2D eigenvalue weighted by molar-refractivity contribution is 0.0238. The summed E-state index contributed by atoms with van der Waals surface area (Å²) in [7, 11) is 3.52. The van der Waals surface area contributed by atoms with Gasteiger partial charge in [0.05, 0.1) is 23.5 Å². The minimum absolute atomic E-state index is 0.0245. The Morgan fingerprint density at radius 3 is 2.71 bits per heavy atom. The molecule has 28 heavy (non-hydrogen) atoms. The number of anilines is 2. The molecule has 2 N–H and O–H groups in total. The molecule has 1 aliphatic heterocycles. The van der Waals surface area contributed by atoms with Crippen LogP contribution >= 0.6 is 11.6 Å². The van der Waals surface area contributed by atoms with Crippen LogP contribution in [-0.2, 0) is 11.8 Å². The summed E-state index contributed by atoms with van der Waals surface area (Å²) in [6.45, 7) is 6.94. The standard InChI is InChI=1S/C18H26ClN7O2/c1-18(2,3)28-17(27)24(4)11-6-7-26(10-11)14-8-13(22-16(20)23-14)12-9-21-25(5)15(12)19/h8-9,11H,6-7,10H2,1-5H3,(H2,20,22,23)/t11-/m1/s1. The van der Waals surface area contributed by atoms with Gasteiger partial charge in [-0.2, -0.15) is 10.1 Å². The Balaban J connectivity index is 1.77. The van der Waals surface area contributed by atoms with Gasteiger partial charge in [-0.05, 0) is 27.2 Å². The highest BCUT2D eigenvalue weighted by Crippen LogP contribution is 2.30. The number of hydrogen-bond acceptors (Lipinski definition) is 7. The number of rotatable bonds is 3. The van der Waals surface area contributed by atoms with Crippen molar-refractivity contribution in [1.29, 1.82) is 0 Å². The van der Waals surface area contributed by atoms with E-state index in [-0.39, 0.29) is 18.1 Å². The van der Waals surface area contributed by atoms with Gasteiger partial charge in [0.1, 0.15) is 16.6 Å². The zero-order chi connectivity index (χ0) is 20.6. The second-order valence-electron chi connectivity index (χ2n) is 7.92. The average Bonchev–Trinajstić information content (AvgIpc) is 3.20. The minimum Gasteiger partial charge on any atom is -0.444 e. The van der Waals surface area contributed by atoms with Crippen molar-refractivity contribution < 1.29 is 9.53 Å². The van der Waals surface area contributed by atoms with Gasteiger partial charge in [-0.25, -0.2) is 9.78 Å². The fourth-order valence-corrected chi connectivity index (χ4v) is 3.29. The molecule has 2 aromatic rings. The lowest BCUT2D eigenvalue weighted by atomic mass is 10.2. The van der Waals surface area contributed by atoms with Crippen LogP contribution in [0.3, 0.4) is 0 Å². The summed E-state index contributed by atoms with van der Waals surface area (Å²) in [6.07, 6.45) is 2.13. The van der Waals surface area contributed by atoms with Crippen molar-refractivity contribution in [3.8, 4) is 11.3 Å². The number of likely N-dealkylation sites (N-methyl/N-ethyl adjacent to an activating group) is 1. The number of hydrogen-bond donors (Lipinski definition) is 1. The first kappa shape index (κ1) is 20.2. The molecule has 0 spiro atoms. The maximum atomic E-state index is 12.3. The van der Waals surface area contributed by atoms with Gasteiger partial charge in [0, 0.05) is 33.3 Å². The molecule has 2 aromatic heterocycles. The lowest BCUT2D eigenvalue weighted by Crippen LogP contribution is -2.42. The first-order valence-electron chi connectivity index (χ1n) is 9.08. The van der Waals surface area contributed by atoms with Crippen LogP contribution in [0.4, 0.5) is 16.6 Å². The van der Waals surface area contributed by atoms with Crippen molar-refractivity contribution in [2.45, 2.75) is 38.8 Å². The first-order chi connectivity index (χ1) is 13.0. The summed E-state index contributed by atoms with van der Waals surface area (Å²) in [4.78, 5) is 24.7. The molecule has 152 valence electrons. The highest BCUT2D eigenvalue weighted by Gasteiger charge is 2.32. The van der Waals surface area contributed by atoms with Crippen LogP contribution < -0.4 is 10.6 Å². The van der Waals surface area contributed by atoms with Crippen molar-refractivity contribution in [2.24, 2.45) is 7.05 Å². The summed E-state index contributed by atoms with van der Waals surface area (Å²) in [5.41, 5.74) is 6.72. The van der Waals surface area contributed by atoms with Crippen molar-refractivity contribution in [3.63, 3.8) is 0 Å². The monoisotopic (exact) mass is 407 g/mol. The van der Waals surface area contributed by atoms with Crippen LogP contribution in [0.1, 0.15) is 27.2 Å². The summed E-state index contributed by atoms with van der Waals surface area (Å²) < 4.78 is 7.03. The smallest absolute Gasteiger partial charge is 0.410 e. The predicted octanol–water partition coefficient (Wildman–Crippen LogP) is 2.56. The van der Waals surface area contributed by atoms with Crippen molar-refractivity contribution in [3.05, 3.63) is 17.4 Å². The van der Waals surface area contributed by atoms with E-state index in [0.717, 1.165) is 13.0 Å². The van der Waals surface area contributed by atoms with Crippen molar-refractivity contribution >= 4 is 29.5 Å². The third-order valence-corrected chi connectivity index (χ3v) is 5.04. The molecule has 0 radical (unpaired) electrons. The molecular weight excluding hydrogens is 382 g/mol. The van der Waals surface area contributed by atoms with Gasteiger partial charge in [-0.1, -0.05) is 11.6 Å². The summed E-state index contributed by atoms with van der Waals surface area (Å²) >= 11 is 6.29. The van der Waals surface area contributed by atoms with Gasteiger partial charge in [0.2, 0.25) is 5.95 Å². The number of nitrogens with zero attached hydrogens (tertiary/aromatic N) is 6. The largest absolute Gasteiger partial charge is 0.444 e. The number of nitrogen functional groups attached to an aromatic ring is 1. The maximum absolute atomic E-state index is 12.3. The van der Waals surface area contributed by atoms with Crippen molar-refractivity contribution in [2.75, 3.05) is 30.8 Å².